The fraction of sp³-hybridized carbons (Fsp3) is 0.370. The SMILES string of the molecule is CN1CCC(N/C=C(\C=N)c2cnc(N)c(OC(O)(O)c3cc(C#CC(C)(C)O)ccc3C#N)c2)CC1. The van der Waals surface area contributed by atoms with Gasteiger partial charge in [0, 0.05) is 41.4 Å². The van der Waals surface area contributed by atoms with Crippen LogP contribution in [0.25, 0.3) is 5.57 Å². The number of rotatable bonds is 7. The summed E-state index contributed by atoms with van der Waals surface area (Å²) in [4.78, 5) is 6.34. The molecule has 0 amide bonds. The van der Waals surface area contributed by atoms with Crippen molar-refractivity contribution in [3.05, 3.63) is 58.9 Å². The van der Waals surface area contributed by atoms with Gasteiger partial charge in [-0.15, -0.1) is 0 Å². The van der Waals surface area contributed by atoms with Crippen LogP contribution >= 0.6 is 0 Å². The third-order valence-corrected chi connectivity index (χ3v) is 5.82. The molecule has 10 heteroatoms. The summed E-state index contributed by atoms with van der Waals surface area (Å²) in [6.07, 6.45) is 6.29. The molecule has 1 aliphatic rings. The summed E-state index contributed by atoms with van der Waals surface area (Å²) in [7, 11) is 2.08. The van der Waals surface area contributed by atoms with Gasteiger partial charge in [-0.3, -0.25) is 0 Å². The lowest BCUT2D eigenvalue weighted by atomic mass is 10.0. The van der Waals surface area contributed by atoms with E-state index in [0.29, 0.717) is 16.7 Å². The Morgan fingerprint density at radius 1 is 1.27 bits per heavy atom. The quantitative estimate of drug-likeness (QED) is 0.186. The summed E-state index contributed by atoms with van der Waals surface area (Å²) in [5.41, 5.74) is 5.68. The van der Waals surface area contributed by atoms with Crippen molar-refractivity contribution < 1.29 is 20.1 Å². The fourth-order valence-corrected chi connectivity index (χ4v) is 3.71. The maximum atomic E-state index is 10.8. The zero-order valence-corrected chi connectivity index (χ0v) is 21.1. The molecule has 3 rings (SSSR count). The van der Waals surface area contributed by atoms with Crippen LogP contribution in [0.2, 0.25) is 0 Å². The summed E-state index contributed by atoms with van der Waals surface area (Å²) in [5, 5.41) is 52.2. The van der Waals surface area contributed by atoms with Crippen molar-refractivity contribution in [1.29, 1.82) is 10.7 Å². The van der Waals surface area contributed by atoms with Crippen LogP contribution < -0.4 is 15.8 Å². The minimum absolute atomic E-state index is 0.0519. The van der Waals surface area contributed by atoms with E-state index in [2.05, 4.69) is 34.1 Å². The summed E-state index contributed by atoms with van der Waals surface area (Å²) < 4.78 is 5.45. The number of pyridine rings is 1. The van der Waals surface area contributed by atoms with E-state index in [-0.39, 0.29) is 28.7 Å². The van der Waals surface area contributed by atoms with Gasteiger partial charge in [-0.2, -0.15) is 5.26 Å². The number of allylic oxidation sites excluding steroid dienone is 1. The standard InChI is InChI=1S/C27H32N6O4/c1-26(2,34)9-6-18-4-5-19(14-28)23(12-18)27(35,36)37-24-13-20(16-32-25(24)30)21(15-29)17-31-22-7-10-33(3)11-8-22/h4-5,12-13,15-17,22,29,31,34-36H,7-8,10-11H2,1-3H3,(H2,30,32)/b21-17+,29-15?. The summed E-state index contributed by atoms with van der Waals surface area (Å²) in [5.74, 6) is 2.15. The highest BCUT2D eigenvalue weighted by atomic mass is 16.8. The molecule has 0 unspecified atom stereocenters. The third kappa shape index (κ3) is 7.53. The van der Waals surface area contributed by atoms with E-state index in [1.807, 2.05) is 6.07 Å². The van der Waals surface area contributed by atoms with Crippen LogP contribution in [-0.4, -0.2) is 63.2 Å². The number of aliphatic hydroxyl groups is 3. The Hall–Kier alpha value is -3.93. The zero-order chi connectivity index (χ0) is 27.2. The number of anilines is 1. The molecule has 0 radical (unpaired) electrons. The Kier molecular flexibility index (Phi) is 8.53. The molecule has 1 aromatic heterocycles. The van der Waals surface area contributed by atoms with Gasteiger partial charge < -0.3 is 41.4 Å². The highest BCUT2D eigenvalue weighted by Gasteiger charge is 2.33. The lowest BCUT2D eigenvalue weighted by Crippen LogP contribution is -2.38. The molecule has 0 aliphatic carbocycles. The highest BCUT2D eigenvalue weighted by Crippen LogP contribution is 2.31. The first kappa shape index (κ1) is 27.7. The van der Waals surface area contributed by atoms with Crippen molar-refractivity contribution in [2.24, 2.45) is 0 Å². The topological polar surface area (TPSA) is 172 Å². The first-order valence-corrected chi connectivity index (χ1v) is 11.8. The number of ether oxygens (including phenoxy) is 1. The number of nitrogens with zero attached hydrogens (tertiary/aromatic N) is 3. The van der Waals surface area contributed by atoms with E-state index < -0.39 is 11.6 Å². The lowest BCUT2D eigenvalue weighted by Gasteiger charge is -2.29. The molecule has 2 heterocycles. The number of hydrogen-bond acceptors (Lipinski definition) is 10. The number of nitrogens with one attached hydrogen (secondary N) is 2. The Balaban J connectivity index is 1.89. The van der Waals surface area contributed by atoms with Crippen LogP contribution in [0.4, 0.5) is 5.82 Å². The summed E-state index contributed by atoms with van der Waals surface area (Å²) in [6, 6.07) is 7.80. The number of piperidine rings is 1. The van der Waals surface area contributed by atoms with E-state index in [1.165, 1.54) is 44.3 Å². The molecule has 1 aromatic carbocycles. The van der Waals surface area contributed by atoms with Gasteiger partial charge in [-0.25, -0.2) is 4.98 Å². The average molecular weight is 505 g/mol. The van der Waals surface area contributed by atoms with E-state index in [4.69, 9.17) is 15.9 Å². The second-order valence-electron chi connectivity index (χ2n) is 9.49. The monoisotopic (exact) mass is 504 g/mol. The van der Waals surface area contributed by atoms with E-state index >= 15 is 0 Å². The van der Waals surface area contributed by atoms with Crippen LogP contribution in [0.1, 0.15) is 48.9 Å². The van der Waals surface area contributed by atoms with Crippen molar-refractivity contribution in [3.8, 4) is 23.7 Å². The number of aromatic nitrogens is 1. The van der Waals surface area contributed by atoms with Crippen molar-refractivity contribution in [2.45, 2.75) is 44.3 Å². The Bertz CT molecular complexity index is 1270. The summed E-state index contributed by atoms with van der Waals surface area (Å²) in [6.45, 7) is 4.99. The largest absolute Gasteiger partial charge is 0.432 e. The predicted octanol–water partition coefficient (Wildman–Crippen LogP) is 1.51. The van der Waals surface area contributed by atoms with Gasteiger partial charge in [-0.1, -0.05) is 11.8 Å². The molecular weight excluding hydrogens is 472 g/mol. The third-order valence-electron chi connectivity index (χ3n) is 5.82. The molecule has 1 aliphatic heterocycles. The molecule has 37 heavy (non-hydrogen) atoms. The average Bonchev–Trinajstić information content (AvgIpc) is 2.85. The highest BCUT2D eigenvalue weighted by molar-refractivity contribution is 6.08. The number of nitrogens with two attached hydrogens (primary N) is 1. The minimum Gasteiger partial charge on any atom is -0.432 e. The van der Waals surface area contributed by atoms with Crippen LogP contribution in [0.5, 0.6) is 5.75 Å². The zero-order valence-electron chi connectivity index (χ0n) is 21.1. The summed E-state index contributed by atoms with van der Waals surface area (Å²) >= 11 is 0. The van der Waals surface area contributed by atoms with E-state index in [1.54, 1.807) is 6.20 Å². The molecule has 0 bridgehead atoms. The van der Waals surface area contributed by atoms with Crippen LogP contribution in [0.3, 0.4) is 0 Å². The van der Waals surface area contributed by atoms with Gasteiger partial charge in [0.25, 0.3) is 0 Å². The smallest absolute Gasteiger partial charge is 0.352 e. The van der Waals surface area contributed by atoms with Gasteiger partial charge in [-0.05, 0) is 71.1 Å². The molecular formula is C27H32N6O4. The number of nitrogen functional groups attached to an aromatic ring is 1. The van der Waals surface area contributed by atoms with Crippen LogP contribution in [0.15, 0.2) is 36.7 Å². The van der Waals surface area contributed by atoms with Crippen molar-refractivity contribution in [2.75, 3.05) is 25.9 Å². The normalized spacial score (nSPS) is 15.3. The number of hydrogen-bond donors (Lipinski definition) is 6. The second kappa shape index (κ2) is 11.4. The minimum atomic E-state index is -2.95. The molecule has 10 nitrogen and oxygen atoms in total. The maximum absolute atomic E-state index is 10.8. The van der Waals surface area contributed by atoms with E-state index in [0.717, 1.165) is 32.1 Å². The lowest BCUT2D eigenvalue weighted by molar-refractivity contribution is -0.304. The van der Waals surface area contributed by atoms with Crippen LogP contribution in [-0.2, 0) is 5.97 Å². The number of likely N-dealkylation sites (tertiary alicyclic amines) is 1. The maximum Gasteiger partial charge on any atom is 0.352 e. The fourth-order valence-electron chi connectivity index (χ4n) is 3.71. The number of nitriles is 1. The van der Waals surface area contributed by atoms with Gasteiger partial charge in [0.1, 0.15) is 5.60 Å². The second-order valence-corrected chi connectivity index (χ2v) is 9.49. The molecule has 0 atom stereocenters. The Morgan fingerprint density at radius 2 is 1.97 bits per heavy atom. The Labute approximate surface area is 216 Å². The van der Waals surface area contributed by atoms with Crippen molar-refractivity contribution in [1.82, 2.24) is 15.2 Å². The predicted molar refractivity (Wildman–Crippen MR) is 140 cm³/mol. The first-order valence-electron chi connectivity index (χ1n) is 11.8. The molecule has 0 saturated carbocycles. The van der Waals surface area contributed by atoms with Crippen molar-refractivity contribution in [3.63, 3.8) is 0 Å². The molecule has 0 spiro atoms. The van der Waals surface area contributed by atoms with E-state index in [9.17, 15) is 20.6 Å². The molecule has 194 valence electrons. The molecule has 1 fully saturated rings. The van der Waals surface area contributed by atoms with Gasteiger partial charge in [0.15, 0.2) is 11.6 Å². The van der Waals surface area contributed by atoms with Gasteiger partial charge >= 0.3 is 5.97 Å². The van der Waals surface area contributed by atoms with Crippen molar-refractivity contribution >= 4 is 17.6 Å². The first-order chi connectivity index (χ1) is 17.4. The number of benzene rings is 1. The van der Waals surface area contributed by atoms with Crippen LogP contribution in [0, 0.1) is 28.6 Å². The van der Waals surface area contributed by atoms with Gasteiger partial charge in [0.05, 0.1) is 17.2 Å². The molecule has 1 saturated heterocycles. The Morgan fingerprint density at radius 3 is 2.59 bits per heavy atom. The molecule has 7 N–H and O–H groups in total. The van der Waals surface area contributed by atoms with Gasteiger partial charge in [0.2, 0.25) is 0 Å². The molecule has 2 aromatic rings.